The molecule has 0 fully saturated rings. The highest BCUT2D eigenvalue weighted by Crippen LogP contribution is 2.25. The molecular formula is C20H20NO3+. The van der Waals surface area contributed by atoms with Crippen LogP contribution in [0.1, 0.15) is 15.9 Å². The maximum atomic E-state index is 12.8. The van der Waals surface area contributed by atoms with Crippen LogP contribution in [0.5, 0.6) is 11.5 Å². The van der Waals surface area contributed by atoms with Crippen molar-refractivity contribution in [2.45, 2.75) is 13.5 Å². The number of nitrogens with zero attached hydrogens (tertiary/aromatic N) is 1. The molecule has 0 saturated heterocycles. The first kappa shape index (κ1) is 16.0. The molecule has 0 amide bonds. The van der Waals surface area contributed by atoms with E-state index in [1.165, 1.54) is 5.56 Å². The molecule has 3 rings (SSSR count). The second-order valence-corrected chi connectivity index (χ2v) is 5.69. The molecule has 0 radical (unpaired) electrons. The van der Waals surface area contributed by atoms with Crippen molar-refractivity contribution in [3.63, 3.8) is 0 Å². The largest absolute Gasteiger partial charge is 0.497 e. The van der Waals surface area contributed by atoms with Crippen molar-refractivity contribution < 1.29 is 18.8 Å². The summed E-state index contributed by atoms with van der Waals surface area (Å²) in [6.07, 6.45) is 1.92. The van der Waals surface area contributed by atoms with Gasteiger partial charge in [0, 0.05) is 23.6 Å². The number of carbonyl (C=O) groups excluding carboxylic acids is 1. The summed E-state index contributed by atoms with van der Waals surface area (Å²) in [6, 6.07) is 15.5. The molecule has 0 atom stereocenters. The molecule has 0 aliphatic carbocycles. The molecule has 4 heteroatoms. The van der Waals surface area contributed by atoms with Gasteiger partial charge in [-0.1, -0.05) is 11.6 Å². The summed E-state index contributed by atoms with van der Waals surface area (Å²) in [4.78, 5) is 12.8. The number of hydrogen-bond donors (Lipinski definition) is 0. The topological polar surface area (TPSA) is 39.4 Å². The Hall–Kier alpha value is -2.88. The van der Waals surface area contributed by atoms with Gasteiger partial charge in [-0.25, -0.2) is 0 Å². The molecule has 1 heterocycles. The van der Waals surface area contributed by atoms with E-state index in [1.807, 2.05) is 22.9 Å². The Morgan fingerprint density at radius 1 is 1.04 bits per heavy atom. The lowest BCUT2D eigenvalue weighted by molar-refractivity contribution is -0.657. The molecular weight excluding hydrogens is 302 g/mol. The fourth-order valence-corrected chi connectivity index (χ4v) is 2.81. The third kappa shape index (κ3) is 3.08. The van der Waals surface area contributed by atoms with Gasteiger partial charge in [0.05, 0.1) is 19.8 Å². The van der Waals surface area contributed by atoms with E-state index in [0.717, 1.165) is 10.9 Å². The number of Topliss-reactive ketones (excluding diaryl/α,β-unsaturated/α-hetero) is 1. The van der Waals surface area contributed by atoms with Gasteiger partial charge in [-0.15, -0.1) is 0 Å². The summed E-state index contributed by atoms with van der Waals surface area (Å²) in [6.45, 7) is 2.31. The summed E-state index contributed by atoms with van der Waals surface area (Å²) in [5.74, 6) is 1.18. The minimum Gasteiger partial charge on any atom is -0.497 e. The first-order valence-electron chi connectivity index (χ1n) is 7.76. The monoisotopic (exact) mass is 322 g/mol. The zero-order chi connectivity index (χ0) is 17.1. The van der Waals surface area contributed by atoms with Crippen molar-refractivity contribution in [2.24, 2.45) is 0 Å². The highest BCUT2D eigenvalue weighted by Gasteiger charge is 2.19. The van der Waals surface area contributed by atoms with Crippen LogP contribution in [0.4, 0.5) is 0 Å². The van der Waals surface area contributed by atoms with Crippen LogP contribution in [0.25, 0.3) is 10.9 Å². The first-order valence-corrected chi connectivity index (χ1v) is 7.76. The Kier molecular flexibility index (Phi) is 4.47. The summed E-state index contributed by atoms with van der Waals surface area (Å²) in [7, 11) is 3.14. The fourth-order valence-electron chi connectivity index (χ4n) is 2.81. The quantitative estimate of drug-likeness (QED) is 0.534. The number of ether oxygens (including phenoxy) is 2. The minimum absolute atomic E-state index is 0.00687. The smallest absolute Gasteiger partial charge is 0.231 e. The molecule has 0 saturated carbocycles. The van der Waals surface area contributed by atoms with Gasteiger partial charge in [-0.2, -0.15) is 4.57 Å². The SMILES string of the molecule is COc1ccc(C(=O)C[n+]2cccc3cc(C)ccc32)c(OC)c1. The summed E-state index contributed by atoms with van der Waals surface area (Å²) >= 11 is 0. The maximum absolute atomic E-state index is 12.8. The predicted molar refractivity (Wildman–Crippen MR) is 92.8 cm³/mol. The number of aromatic nitrogens is 1. The second kappa shape index (κ2) is 6.71. The Morgan fingerprint density at radius 2 is 1.88 bits per heavy atom. The Balaban J connectivity index is 1.96. The number of pyridine rings is 1. The third-order valence-corrected chi connectivity index (χ3v) is 4.06. The van der Waals surface area contributed by atoms with Gasteiger partial charge >= 0.3 is 0 Å². The number of rotatable bonds is 5. The van der Waals surface area contributed by atoms with Crippen molar-refractivity contribution in [3.05, 3.63) is 65.9 Å². The van der Waals surface area contributed by atoms with E-state index >= 15 is 0 Å². The molecule has 4 nitrogen and oxygen atoms in total. The molecule has 24 heavy (non-hydrogen) atoms. The number of aryl methyl sites for hydroxylation is 1. The minimum atomic E-state index is -0.00687. The molecule has 1 aromatic heterocycles. The van der Waals surface area contributed by atoms with Crippen LogP contribution in [0.3, 0.4) is 0 Å². The van der Waals surface area contributed by atoms with Gasteiger partial charge in [-0.3, -0.25) is 4.79 Å². The van der Waals surface area contributed by atoms with Crippen LogP contribution in [-0.4, -0.2) is 20.0 Å². The summed E-state index contributed by atoms with van der Waals surface area (Å²) in [5, 5.41) is 1.12. The van der Waals surface area contributed by atoms with Crippen molar-refractivity contribution in [1.29, 1.82) is 0 Å². The van der Waals surface area contributed by atoms with Crippen LogP contribution in [0.2, 0.25) is 0 Å². The van der Waals surface area contributed by atoms with Crippen LogP contribution in [-0.2, 0) is 6.54 Å². The molecule has 122 valence electrons. The molecule has 0 spiro atoms. The number of ketones is 1. The lowest BCUT2D eigenvalue weighted by Gasteiger charge is -2.09. The van der Waals surface area contributed by atoms with Gasteiger partial charge in [0.25, 0.3) is 0 Å². The predicted octanol–water partition coefficient (Wildman–Crippen LogP) is 3.34. The van der Waals surface area contributed by atoms with Crippen molar-refractivity contribution in [2.75, 3.05) is 14.2 Å². The standard InChI is InChI=1S/C20H20NO3/c1-14-6-9-18-15(11-14)5-4-10-21(18)13-19(22)17-8-7-16(23-2)12-20(17)24-3/h4-12H,13H2,1-3H3/q+1. The summed E-state index contributed by atoms with van der Waals surface area (Å²) < 4.78 is 12.5. The summed E-state index contributed by atoms with van der Waals surface area (Å²) in [5.41, 5.74) is 2.78. The highest BCUT2D eigenvalue weighted by molar-refractivity contribution is 5.98. The van der Waals surface area contributed by atoms with Crippen molar-refractivity contribution in [1.82, 2.24) is 0 Å². The number of hydrogen-bond acceptors (Lipinski definition) is 3. The van der Waals surface area contributed by atoms with E-state index in [2.05, 4.69) is 25.1 Å². The van der Waals surface area contributed by atoms with E-state index in [-0.39, 0.29) is 12.3 Å². The Bertz CT molecular complexity index is 903. The Labute approximate surface area is 141 Å². The zero-order valence-corrected chi connectivity index (χ0v) is 14.1. The normalized spacial score (nSPS) is 10.6. The fraction of sp³-hybridized carbons (Fsp3) is 0.200. The lowest BCUT2D eigenvalue weighted by atomic mass is 10.1. The van der Waals surface area contributed by atoms with Gasteiger partial charge in [0.1, 0.15) is 11.5 Å². The van der Waals surface area contributed by atoms with E-state index in [1.54, 1.807) is 32.4 Å². The third-order valence-electron chi connectivity index (χ3n) is 4.06. The van der Waals surface area contributed by atoms with E-state index in [4.69, 9.17) is 9.47 Å². The van der Waals surface area contributed by atoms with Crippen molar-refractivity contribution >= 4 is 16.7 Å². The molecule has 0 aliphatic heterocycles. The van der Waals surface area contributed by atoms with Crippen LogP contribution >= 0.6 is 0 Å². The second-order valence-electron chi connectivity index (χ2n) is 5.69. The molecule has 0 bridgehead atoms. The molecule has 2 aromatic carbocycles. The van der Waals surface area contributed by atoms with Crippen LogP contribution in [0, 0.1) is 6.92 Å². The number of carbonyl (C=O) groups is 1. The molecule has 0 N–H and O–H groups in total. The van der Waals surface area contributed by atoms with Crippen molar-refractivity contribution in [3.8, 4) is 11.5 Å². The van der Waals surface area contributed by atoms with Gasteiger partial charge in [-0.05, 0) is 31.2 Å². The van der Waals surface area contributed by atoms with E-state index in [9.17, 15) is 4.79 Å². The number of methoxy groups -OCH3 is 2. The van der Waals surface area contributed by atoms with E-state index in [0.29, 0.717) is 17.1 Å². The average molecular weight is 322 g/mol. The Morgan fingerprint density at radius 3 is 2.62 bits per heavy atom. The molecule has 0 aliphatic rings. The zero-order valence-electron chi connectivity index (χ0n) is 14.1. The number of fused-ring (bicyclic) bond motifs is 1. The first-order chi connectivity index (χ1) is 11.6. The van der Waals surface area contributed by atoms with Gasteiger partial charge in [0.2, 0.25) is 17.8 Å². The lowest BCUT2D eigenvalue weighted by Crippen LogP contribution is -2.38. The van der Waals surface area contributed by atoms with Crippen LogP contribution < -0.4 is 14.0 Å². The van der Waals surface area contributed by atoms with Gasteiger partial charge < -0.3 is 9.47 Å². The molecule has 0 unspecified atom stereocenters. The van der Waals surface area contributed by atoms with Gasteiger partial charge in [0.15, 0.2) is 6.20 Å². The van der Waals surface area contributed by atoms with E-state index < -0.39 is 0 Å². The average Bonchev–Trinajstić information content (AvgIpc) is 2.60. The molecule has 3 aromatic rings. The maximum Gasteiger partial charge on any atom is 0.231 e. The van der Waals surface area contributed by atoms with Crippen LogP contribution in [0.15, 0.2) is 54.7 Å². The highest BCUT2D eigenvalue weighted by atomic mass is 16.5. The number of benzene rings is 2.